The number of hydrogen-bond acceptors (Lipinski definition) is 7. The number of rotatable bonds is 6. The zero-order chi connectivity index (χ0) is 26.9. The fraction of sp³-hybridized carbons (Fsp3) is 0.296. The third kappa shape index (κ3) is 5.09. The third-order valence-electron chi connectivity index (χ3n) is 7.07. The molecule has 0 saturated carbocycles. The molecule has 0 spiro atoms. The van der Waals surface area contributed by atoms with Crippen LogP contribution in [-0.2, 0) is 4.79 Å². The van der Waals surface area contributed by atoms with Crippen LogP contribution in [0.25, 0.3) is 11.2 Å². The number of fused-ring (bicyclic) bond motifs is 2. The first-order valence-electron chi connectivity index (χ1n) is 12.7. The summed E-state index contributed by atoms with van der Waals surface area (Å²) in [6, 6.07) is 11.6. The highest BCUT2D eigenvalue weighted by Crippen LogP contribution is 2.35. The van der Waals surface area contributed by atoms with E-state index in [2.05, 4.69) is 25.5 Å². The number of likely N-dealkylation sites (tertiary alicyclic amines) is 1. The Morgan fingerprint density at radius 3 is 2.74 bits per heavy atom. The Morgan fingerprint density at radius 2 is 1.90 bits per heavy atom. The second-order valence-corrected chi connectivity index (χ2v) is 9.94. The fourth-order valence-electron chi connectivity index (χ4n) is 5.13. The summed E-state index contributed by atoms with van der Waals surface area (Å²) in [5, 5.41) is 11.9. The van der Waals surface area contributed by atoms with E-state index in [0.29, 0.717) is 36.7 Å². The molecule has 1 fully saturated rings. The van der Waals surface area contributed by atoms with E-state index in [1.54, 1.807) is 15.2 Å². The van der Waals surface area contributed by atoms with Gasteiger partial charge >= 0.3 is 0 Å². The van der Waals surface area contributed by atoms with Gasteiger partial charge in [-0.2, -0.15) is 10.2 Å². The van der Waals surface area contributed by atoms with E-state index in [4.69, 9.17) is 16.3 Å². The molecule has 1 aliphatic heterocycles. The molecule has 0 radical (unpaired) electrons. The summed E-state index contributed by atoms with van der Waals surface area (Å²) < 4.78 is 23.0. The Kier molecular flexibility index (Phi) is 6.74. The van der Waals surface area contributed by atoms with Crippen molar-refractivity contribution in [2.24, 2.45) is 0 Å². The summed E-state index contributed by atoms with van der Waals surface area (Å²) in [5.74, 6) is 1.59. The van der Waals surface area contributed by atoms with E-state index in [1.807, 2.05) is 49.5 Å². The summed E-state index contributed by atoms with van der Waals surface area (Å²) >= 11 is 5.41. The fourth-order valence-corrected chi connectivity index (χ4v) is 5.27. The topological polar surface area (TPSA) is 102 Å². The molecule has 1 saturated heterocycles. The quantitative estimate of drug-likeness (QED) is 0.289. The smallest absolute Gasteiger partial charge is 0.272 e. The van der Waals surface area contributed by atoms with E-state index in [-0.39, 0.29) is 5.92 Å². The number of aromatic nitrogens is 6. The van der Waals surface area contributed by atoms with Gasteiger partial charge in [0.05, 0.1) is 0 Å². The molecule has 0 bridgehead atoms. The first-order valence-corrected chi connectivity index (χ1v) is 13.1. The number of carbonyl (C=O) groups is 1. The number of pyridine rings is 1. The van der Waals surface area contributed by atoms with Gasteiger partial charge in [-0.3, -0.25) is 4.79 Å². The van der Waals surface area contributed by atoms with Gasteiger partial charge in [0.1, 0.15) is 29.7 Å². The molecule has 39 heavy (non-hydrogen) atoms. The maximum Gasteiger partial charge on any atom is 0.272 e. The van der Waals surface area contributed by atoms with Crippen LogP contribution in [0.5, 0.6) is 11.5 Å². The van der Waals surface area contributed by atoms with Crippen LogP contribution >= 0.6 is 11.6 Å². The summed E-state index contributed by atoms with van der Waals surface area (Å²) in [4.78, 5) is 22.3. The van der Waals surface area contributed by atoms with E-state index < -0.39 is 11.5 Å². The minimum absolute atomic E-state index is 0.174. The van der Waals surface area contributed by atoms with Gasteiger partial charge < -0.3 is 15.0 Å². The minimum Gasteiger partial charge on any atom is -0.457 e. The van der Waals surface area contributed by atoms with Crippen molar-refractivity contribution in [1.29, 1.82) is 0 Å². The largest absolute Gasteiger partial charge is 0.457 e. The van der Waals surface area contributed by atoms with Gasteiger partial charge in [0.15, 0.2) is 11.5 Å². The maximum absolute atomic E-state index is 13.4. The highest BCUT2D eigenvalue weighted by Gasteiger charge is 2.27. The lowest BCUT2D eigenvalue weighted by Gasteiger charge is -2.20. The van der Waals surface area contributed by atoms with Crippen LogP contribution in [0.2, 0.25) is 0 Å². The van der Waals surface area contributed by atoms with Crippen LogP contribution in [0.1, 0.15) is 36.3 Å². The molecule has 200 valence electrons. The van der Waals surface area contributed by atoms with E-state index >= 15 is 0 Å². The number of nitrogens with one attached hydrogen (secondary N) is 1. The second-order valence-electron chi connectivity index (χ2n) is 9.56. The first kappa shape index (κ1) is 25.1. The number of amides is 1. The Bertz CT molecular complexity index is 1650. The maximum atomic E-state index is 13.4. The molecule has 12 heteroatoms. The Balaban J connectivity index is 1.22. The van der Waals surface area contributed by atoms with Crippen LogP contribution in [0.4, 0.5) is 15.9 Å². The number of anilines is 2. The molecule has 1 N–H and O–H groups in total. The van der Waals surface area contributed by atoms with E-state index in [9.17, 15) is 9.18 Å². The molecule has 5 heterocycles. The zero-order valence-corrected chi connectivity index (χ0v) is 21.9. The number of aryl methyl sites for hydroxylation is 1. The number of halogens is 2. The van der Waals surface area contributed by atoms with Gasteiger partial charge in [0.2, 0.25) is 0 Å². The summed E-state index contributed by atoms with van der Waals surface area (Å²) in [5.41, 5.74) is 2.48. The van der Waals surface area contributed by atoms with Crippen molar-refractivity contribution in [1.82, 2.24) is 34.1 Å². The van der Waals surface area contributed by atoms with Crippen LogP contribution in [0.3, 0.4) is 0 Å². The van der Waals surface area contributed by atoms with Gasteiger partial charge in [-0.25, -0.2) is 23.4 Å². The van der Waals surface area contributed by atoms with Gasteiger partial charge in [-0.1, -0.05) is 11.6 Å². The van der Waals surface area contributed by atoms with Gasteiger partial charge in [0.25, 0.3) is 11.5 Å². The van der Waals surface area contributed by atoms with Crippen molar-refractivity contribution in [3.63, 3.8) is 0 Å². The van der Waals surface area contributed by atoms with Crippen molar-refractivity contribution in [2.75, 3.05) is 18.4 Å². The summed E-state index contributed by atoms with van der Waals surface area (Å²) in [6.07, 6.45) is 9.06. The van der Waals surface area contributed by atoms with Gasteiger partial charge in [-0.15, -0.1) is 0 Å². The molecule has 1 unspecified atom stereocenters. The summed E-state index contributed by atoms with van der Waals surface area (Å²) in [6.45, 7) is 2.93. The number of nitrogens with zero attached hydrogens (tertiary/aromatic N) is 7. The molecule has 1 aliphatic rings. The van der Waals surface area contributed by atoms with E-state index in [1.165, 1.54) is 17.6 Å². The molecule has 5 aromatic rings. The molecule has 0 aliphatic carbocycles. The van der Waals surface area contributed by atoms with E-state index in [0.717, 1.165) is 40.9 Å². The SMILES string of the molecule is Cc1cc(Nc2ncnn3ccc([C@H]4CCCN(C(=O)C(F)Cl)CC4)c23)ccc1Oc1ccn2ncnc2c1. The highest BCUT2D eigenvalue weighted by atomic mass is 35.5. The lowest BCUT2D eigenvalue weighted by atomic mass is 9.93. The third-order valence-corrected chi connectivity index (χ3v) is 7.26. The predicted octanol–water partition coefficient (Wildman–Crippen LogP) is 5.25. The standard InChI is InChI=1S/C27H26ClFN8O2/c1-17-13-19(4-5-22(17)39-20-7-11-36-23(14-20)30-15-32-36)34-26-24-21(8-12-37(24)33-16-31-26)18-3-2-9-35(10-6-18)27(38)25(28)29/h4-5,7-8,11-16,18,25H,2-3,6,9-10H2,1H3,(H,31,33,34)/t18-,25?/m0/s1. The lowest BCUT2D eigenvalue weighted by molar-refractivity contribution is -0.133. The summed E-state index contributed by atoms with van der Waals surface area (Å²) in [7, 11) is 0. The average Bonchev–Trinajstić information content (AvgIpc) is 3.51. The zero-order valence-electron chi connectivity index (χ0n) is 21.2. The first-order chi connectivity index (χ1) is 19.0. The van der Waals surface area contributed by atoms with Crippen LogP contribution in [0.15, 0.2) is 61.4 Å². The van der Waals surface area contributed by atoms with Crippen molar-refractivity contribution in [3.8, 4) is 11.5 Å². The monoisotopic (exact) mass is 548 g/mol. The number of ether oxygens (including phenoxy) is 1. The number of alkyl halides is 2. The molecule has 4 aromatic heterocycles. The Morgan fingerprint density at radius 1 is 1.08 bits per heavy atom. The molecular weight excluding hydrogens is 523 g/mol. The molecule has 1 amide bonds. The van der Waals surface area contributed by atoms with Crippen LogP contribution in [-0.4, -0.2) is 58.7 Å². The van der Waals surface area contributed by atoms with Crippen LogP contribution in [0, 0.1) is 6.92 Å². The highest BCUT2D eigenvalue weighted by molar-refractivity contribution is 6.29. The average molecular weight is 549 g/mol. The molecule has 2 atom stereocenters. The van der Waals surface area contributed by atoms with Crippen molar-refractivity contribution < 1.29 is 13.9 Å². The number of benzene rings is 1. The normalized spacial score (nSPS) is 16.8. The molecule has 6 rings (SSSR count). The Labute approximate surface area is 228 Å². The van der Waals surface area contributed by atoms with Crippen molar-refractivity contribution in [2.45, 2.75) is 37.7 Å². The molecule has 1 aromatic carbocycles. The molecular formula is C27H26ClFN8O2. The second kappa shape index (κ2) is 10.5. The Hall–Kier alpha value is -4.25. The van der Waals surface area contributed by atoms with Crippen LogP contribution < -0.4 is 10.1 Å². The number of hydrogen-bond donors (Lipinski definition) is 1. The predicted molar refractivity (Wildman–Crippen MR) is 144 cm³/mol. The van der Waals surface area contributed by atoms with Gasteiger partial charge in [-0.05, 0) is 73.6 Å². The number of carbonyl (C=O) groups excluding carboxylic acids is 1. The van der Waals surface area contributed by atoms with Crippen molar-refractivity contribution in [3.05, 3.63) is 72.6 Å². The lowest BCUT2D eigenvalue weighted by Crippen LogP contribution is -2.36. The minimum atomic E-state index is -2.00. The van der Waals surface area contributed by atoms with Crippen molar-refractivity contribution >= 4 is 40.2 Å². The molecule has 10 nitrogen and oxygen atoms in total. The van der Waals surface area contributed by atoms with Gasteiger partial charge in [0, 0.05) is 37.2 Å².